The molecule has 0 aliphatic carbocycles. The van der Waals surface area contributed by atoms with Gasteiger partial charge in [0.2, 0.25) is 5.78 Å². The Hall–Kier alpha value is -2.44. The van der Waals surface area contributed by atoms with Gasteiger partial charge in [0.25, 0.3) is 5.67 Å². The standard InChI is InChI=1S/C15H16FNO5/c1-21-13(19)15(16)7-8-17(9-12(15)18)14(20)22-10-11-5-3-2-4-6-11/h2-6H,7-10H2,1H3. The predicted octanol–water partition coefficient (Wildman–Crippen LogP) is 1.48. The average molecular weight is 309 g/mol. The second kappa shape index (κ2) is 6.55. The minimum Gasteiger partial charge on any atom is -0.466 e. The molecule has 0 aromatic heterocycles. The molecule has 1 unspecified atom stereocenters. The van der Waals surface area contributed by atoms with Crippen LogP contribution in [-0.4, -0.2) is 48.6 Å². The van der Waals surface area contributed by atoms with Gasteiger partial charge in [0.1, 0.15) is 6.61 Å². The summed E-state index contributed by atoms with van der Waals surface area (Å²) in [5.74, 6) is -2.22. The fraction of sp³-hybridized carbons (Fsp3) is 0.400. The Morgan fingerprint density at radius 1 is 1.32 bits per heavy atom. The Bertz CT molecular complexity index is 577. The van der Waals surface area contributed by atoms with Crippen molar-refractivity contribution in [2.45, 2.75) is 18.7 Å². The lowest BCUT2D eigenvalue weighted by Crippen LogP contribution is -2.56. The first kappa shape index (κ1) is 15.9. The summed E-state index contributed by atoms with van der Waals surface area (Å²) in [6.07, 6.45) is -1.15. The largest absolute Gasteiger partial charge is 0.466 e. The molecule has 0 spiro atoms. The maximum Gasteiger partial charge on any atom is 0.410 e. The lowest BCUT2D eigenvalue weighted by Gasteiger charge is -2.32. The van der Waals surface area contributed by atoms with Crippen LogP contribution < -0.4 is 0 Å². The number of esters is 1. The molecule has 6 nitrogen and oxygen atoms in total. The minimum absolute atomic E-state index is 0.0577. The number of ketones is 1. The fourth-order valence-electron chi connectivity index (χ4n) is 2.15. The molecule has 118 valence electrons. The summed E-state index contributed by atoms with van der Waals surface area (Å²) in [4.78, 5) is 36.1. The molecule has 1 saturated heterocycles. The Morgan fingerprint density at radius 3 is 2.59 bits per heavy atom. The van der Waals surface area contributed by atoms with E-state index in [0.717, 1.165) is 17.6 Å². The quantitative estimate of drug-likeness (QED) is 0.624. The van der Waals surface area contributed by atoms with Crippen LogP contribution in [0.15, 0.2) is 30.3 Å². The number of methoxy groups -OCH3 is 1. The van der Waals surface area contributed by atoms with Gasteiger partial charge in [-0.3, -0.25) is 4.79 Å². The molecular formula is C15H16FNO5. The third-order valence-corrected chi connectivity index (χ3v) is 3.47. The number of nitrogens with zero attached hydrogens (tertiary/aromatic N) is 1. The molecule has 22 heavy (non-hydrogen) atoms. The van der Waals surface area contributed by atoms with Crippen molar-refractivity contribution in [3.63, 3.8) is 0 Å². The van der Waals surface area contributed by atoms with E-state index in [4.69, 9.17) is 4.74 Å². The van der Waals surface area contributed by atoms with Crippen molar-refractivity contribution < 1.29 is 28.2 Å². The van der Waals surface area contributed by atoms with E-state index < -0.39 is 36.5 Å². The third-order valence-electron chi connectivity index (χ3n) is 3.47. The Morgan fingerprint density at radius 2 is 2.00 bits per heavy atom. The molecule has 0 N–H and O–H groups in total. The molecule has 0 saturated carbocycles. The molecular weight excluding hydrogens is 293 g/mol. The Labute approximate surface area is 126 Å². The van der Waals surface area contributed by atoms with Gasteiger partial charge in [-0.15, -0.1) is 0 Å². The molecule has 1 atom stereocenters. The number of halogens is 1. The zero-order valence-electron chi connectivity index (χ0n) is 12.1. The van der Waals surface area contributed by atoms with E-state index in [0.29, 0.717) is 0 Å². The Balaban J connectivity index is 1.91. The number of carbonyl (C=O) groups is 3. The molecule has 1 aliphatic rings. The van der Waals surface area contributed by atoms with E-state index in [1.165, 1.54) is 0 Å². The van der Waals surface area contributed by atoms with E-state index in [1.54, 1.807) is 24.3 Å². The summed E-state index contributed by atoms with van der Waals surface area (Å²) in [6.45, 7) is -0.549. The van der Waals surface area contributed by atoms with Crippen LogP contribution in [0, 0.1) is 0 Å². The number of carbonyl (C=O) groups excluding carboxylic acids is 3. The van der Waals surface area contributed by atoms with E-state index >= 15 is 0 Å². The van der Waals surface area contributed by atoms with Crippen molar-refractivity contribution in [1.82, 2.24) is 4.90 Å². The summed E-state index contributed by atoms with van der Waals surface area (Å²) in [7, 11) is 1.01. The lowest BCUT2D eigenvalue weighted by atomic mass is 9.92. The molecule has 1 aliphatic heterocycles. The lowest BCUT2D eigenvalue weighted by molar-refractivity contribution is -0.163. The zero-order valence-corrected chi connectivity index (χ0v) is 12.1. The van der Waals surface area contributed by atoms with Crippen LogP contribution in [0.3, 0.4) is 0 Å². The first-order valence-corrected chi connectivity index (χ1v) is 6.73. The molecule has 1 amide bonds. The topological polar surface area (TPSA) is 72.9 Å². The van der Waals surface area contributed by atoms with Crippen molar-refractivity contribution in [3.05, 3.63) is 35.9 Å². The van der Waals surface area contributed by atoms with Crippen LogP contribution in [0.5, 0.6) is 0 Å². The van der Waals surface area contributed by atoms with E-state index in [1.807, 2.05) is 6.07 Å². The van der Waals surface area contributed by atoms with E-state index in [9.17, 15) is 18.8 Å². The first-order chi connectivity index (χ1) is 10.5. The van der Waals surface area contributed by atoms with Gasteiger partial charge in [0.05, 0.1) is 13.7 Å². The molecule has 2 rings (SSSR count). The zero-order chi connectivity index (χ0) is 16.2. The summed E-state index contributed by atoms with van der Waals surface area (Å²) in [6, 6.07) is 9.03. The van der Waals surface area contributed by atoms with E-state index in [2.05, 4.69) is 4.74 Å². The number of likely N-dealkylation sites (tertiary alicyclic amines) is 1. The van der Waals surface area contributed by atoms with Crippen LogP contribution in [0.2, 0.25) is 0 Å². The van der Waals surface area contributed by atoms with Gasteiger partial charge in [0, 0.05) is 13.0 Å². The number of Topliss-reactive ketones (excluding diaryl/α,β-unsaturated/α-hetero) is 1. The molecule has 1 aromatic rings. The van der Waals surface area contributed by atoms with Crippen LogP contribution in [0.4, 0.5) is 9.18 Å². The number of alkyl halides is 1. The Kier molecular flexibility index (Phi) is 4.75. The first-order valence-electron chi connectivity index (χ1n) is 6.73. The number of amides is 1. The van der Waals surface area contributed by atoms with Gasteiger partial charge in [-0.2, -0.15) is 0 Å². The van der Waals surface area contributed by atoms with Crippen molar-refractivity contribution >= 4 is 17.8 Å². The van der Waals surface area contributed by atoms with Crippen LogP contribution in [0.25, 0.3) is 0 Å². The number of piperidine rings is 1. The highest BCUT2D eigenvalue weighted by molar-refractivity contribution is 6.09. The molecule has 1 heterocycles. The highest BCUT2D eigenvalue weighted by Gasteiger charge is 2.51. The van der Waals surface area contributed by atoms with Gasteiger partial charge < -0.3 is 14.4 Å². The smallest absolute Gasteiger partial charge is 0.410 e. The van der Waals surface area contributed by atoms with Gasteiger partial charge in [-0.25, -0.2) is 14.0 Å². The minimum atomic E-state index is -2.68. The second-order valence-corrected chi connectivity index (χ2v) is 4.93. The maximum absolute atomic E-state index is 14.2. The molecule has 1 fully saturated rings. The number of hydrogen-bond donors (Lipinski definition) is 0. The second-order valence-electron chi connectivity index (χ2n) is 4.93. The summed E-state index contributed by atoms with van der Waals surface area (Å²) in [5, 5.41) is 0. The van der Waals surface area contributed by atoms with Crippen molar-refractivity contribution in [2.75, 3.05) is 20.2 Å². The number of ether oxygens (including phenoxy) is 2. The fourth-order valence-corrected chi connectivity index (χ4v) is 2.15. The van der Waals surface area contributed by atoms with Gasteiger partial charge >= 0.3 is 12.1 Å². The van der Waals surface area contributed by atoms with Gasteiger partial charge in [0.15, 0.2) is 0 Å². The monoisotopic (exact) mass is 309 g/mol. The summed E-state index contributed by atoms with van der Waals surface area (Å²) < 4.78 is 23.6. The third kappa shape index (κ3) is 3.24. The van der Waals surface area contributed by atoms with Crippen LogP contribution >= 0.6 is 0 Å². The SMILES string of the molecule is COC(=O)C1(F)CCN(C(=O)OCc2ccccc2)CC1=O. The number of hydrogen-bond acceptors (Lipinski definition) is 5. The van der Waals surface area contributed by atoms with E-state index in [-0.39, 0.29) is 13.2 Å². The van der Waals surface area contributed by atoms with Crippen molar-refractivity contribution in [3.8, 4) is 0 Å². The number of rotatable bonds is 3. The highest BCUT2D eigenvalue weighted by Crippen LogP contribution is 2.25. The van der Waals surface area contributed by atoms with Gasteiger partial charge in [-0.05, 0) is 5.56 Å². The average Bonchev–Trinajstić information content (AvgIpc) is 2.55. The molecule has 0 radical (unpaired) electrons. The maximum atomic E-state index is 14.2. The normalized spacial score (nSPS) is 21.4. The van der Waals surface area contributed by atoms with Crippen molar-refractivity contribution in [1.29, 1.82) is 0 Å². The summed E-state index contributed by atoms with van der Waals surface area (Å²) >= 11 is 0. The molecule has 0 bridgehead atoms. The highest BCUT2D eigenvalue weighted by atomic mass is 19.1. The summed E-state index contributed by atoms with van der Waals surface area (Å²) in [5.41, 5.74) is -1.88. The number of benzene rings is 1. The van der Waals surface area contributed by atoms with Crippen molar-refractivity contribution in [2.24, 2.45) is 0 Å². The van der Waals surface area contributed by atoms with Gasteiger partial charge in [-0.1, -0.05) is 30.3 Å². The van der Waals surface area contributed by atoms with Crippen LogP contribution in [0.1, 0.15) is 12.0 Å². The molecule has 1 aromatic carbocycles. The predicted molar refractivity (Wildman–Crippen MR) is 73.7 cm³/mol. The van der Waals surface area contributed by atoms with Crippen LogP contribution in [-0.2, 0) is 25.7 Å². The molecule has 7 heteroatoms.